The summed E-state index contributed by atoms with van der Waals surface area (Å²) in [6.45, 7) is 5.97. The molecule has 0 amide bonds. The molecule has 12 heteroatoms. The molecule has 0 aliphatic heterocycles. The van der Waals surface area contributed by atoms with Gasteiger partial charge in [-0.05, 0) is 160 Å². The van der Waals surface area contributed by atoms with E-state index in [1.165, 1.54) is 76.4 Å². The van der Waals surface area contributed by atoms with Crippen molar-refractivity contribution in [3.63, 3.8) is 0 Å². The van der Waals surface area contributed by atoms with Crippen molar-refractivity contribution < 1.29 is 48.3 Å². The molecule has 2 saturated carbocycles. The molecule has 4 aromatic rings. The number of ether oxygens (including phenoxy) is 4. The van der Waals surface area contributed by atoms with Gasteiger partial charge in [0.1, 0.15) is 11.5 Å². The summed E-state index contributed by atoms with van der Waals surface area (Å²) < 4.78 is 23.8. The maximum atomic E-state index is 14.3. The van der Waals surface area contributed by atoms with Gasteiger partial charge in [-0.2, -0.15) is 0 Å². The van der Waals surface area contributed by atoms with Crippen LogP contribution in [0, 0.1) is 17.3 Å². The van der Waals surface area contributed by atoms with E-state index in [9.17, 15) is 29.4 Å². The van der Waals surface area contributed by atoms with E-state index in [-0.39, 0.29) is 48.8 Å². The van der Waals surface area contributed by atoms with E-state index in [1.807, 2.05) is 0 Å². The van der Waals surface area contributed by atoms with Gasteiger partial charge >= 0.3 is 11.9 Å². The molecule has 2 aliphatic rings. The lowest BCUT2D eigenvalue weighted by atomic mass is 9.65. The Balaban J connectivity index is 1.08. The number of carbonyl (C=O) groups is 4. The third-order valence-electron chi connectivity index (χ3n) is 15.4. The van der Waals surface area contributed by atoms with Crippen LogP contribution < -0.4 is 20.9 Å². The molecule has 416 valence electrons. The van der Waals surface area contributed by atoms with E-state index in [0.29, 0.717) is 58.0 Å². The minimum absolute atomic E-state index is 0.0916. The number of ketones is 2. The van der Waals surface area contributed by atoms with Crippen LogP contribution in [0.2, 0.25) is 0 Å². The van der Waals surface area contributed by atoms with Crippen molar-refractivity contribution >= 4 is 47.0 Å². The first-order chi connectivity index (χ1) is 37.2. The van der Waals surface area contributed by atoms with E-state index in [0.717, 1.165) is 70.7 Å². The van der Waals surface area contributed by atoms with Gasteiger partial charge in [-0.3, -0.25) is 19.2 Å². The Kier molecular flexibility index (Phi) is 24.7. The molecule has 6 rings (SSSR count). The molecule has 0 heterocycles. The van der Waals surface area contributed by atoms with Crippen molar-refractivity contribution in [2.24, 2.45) is 17.3 Å². The SMILES string of the molecule is CCCCCCCCOC1CCC(C(=O)Oc2ccc(C=CC(=O)CC(Cc3ccc(N)cc3)(Cc3ccc(N)cc3)C(O)(O)C(=O)C=Cc3ccc(OC(=O)C4CCC(OCCCCCCCC)CC4)cc3)cc2)CC1. The summed E-state index contributed by atoms with van der Waals surface area (Å²) >= 11 is 0. The molecule has 0 unspecified atom stereocenters. The van der Waals surface area contributed by atoms with Crippen LogP contribution >= 0.6 is 0 Å². The maximum absolute atomic E-state index is 14.3. The van der Waals surface area contributed by atoms with Gasteiger partial charge in [0, 0.05) is 36.4 Å². The van der Waals surface area contributed by atoms with Crippen LogP contribution in [0.15, 0.2) is 109 Å². The number of hydrogen-bond donors (Lipinski definition) is 4. The summed E-state index contributed by atoms with van der Waals surface area (Å²) in [6.07, 6.45) is 26.0. The monoisotopic (exact) mass is 1050 g/mol. The zero-order valence-corrected chi connectivity index (χ0v) is 45.8. The number of esters is 2. The molecule has 0 spiro atoms. The highest BCUT2D eigenvalue weighted by atomic mass is 16.5. The normalized spacial score (nSPS) is 18.1. The predicted molar refractivity (Wildman–Crippen MR) is 306 cm³/mol. The average Bonchev–Trinajstić information content (AvgIpc) is 3.46. The lowest BCUT2D eigenvalue weighted by Gasteiger charge is -2.42. The average molecular weight is 1060 g/mol. The number of rotatable bonds is 32. The number of unbranched alkanes of at least 4 members (excludes halogenated alkanes) is 10. The molecule has 2 fully saturated rings. The molecule has 2 aliphatic carbocycles. The quantitative estimate of drug-likeness (QED) is 0.00903. The number of aliphatic hydroxyl groups is 2. The topological polar surface area (TPSA) is 198 Å². The molecule has 6 N–H and O–H groups in total. The standard InChI is InChI=1S/C65H86N2O10/c1-3-5-7-9-11-13-43-74-57-38-25-52(26-39-57)62(70)76-59-34-20-48(21-35-59)19-33-56(68)47-64(45-50-15-29-54(66)30-16-50,46-51-17-31-55(67)32-18-51)65(72,73)61(69)42-24-49-22-36-60(37-23-49)77-63(71)53-27-40-58(41-28-53)75-44-14-12-10-8-6-4-2/h15-24,29-37,42,52-53,57-58,72-73H,3-14,25-28,38-41,43-47,66-67H2,1-2H3. The first-order valence-electron chi connectivity index (χ1n) is 28.7. The highest BCUT2D eigenvalue weighted by Gasteiger charge is 2.54. The molecule has 77 heavy (non-hydrogen) atoms. The van der Waals surface area contributed by atoms with Crippen LogP contribution in [0.25, 0.3) is 12.2 Å². The third-order valence-corrected chi connectivity index (χ3v) is 15.4. The number of carbonyl (C=O) groups excluding carboxylic acids is 4. The van der Waals surface area contributed by atoms with Crippen molar-refractivity contribution in [3.8, 4) is 11.5 Å². The highest BCUT2D eigenvalue weighted by Crippen LogP contribution is 2.43. The Labute approximate surface area is 458 Å². The van der Waals surface area contributed by atoms with E-state index in [1.54, 1.807) is 103 Å². The molecule has 12 nitrogen and oxygen atoms in total. The smallest absolute Gasteiger partial charge is 0.314 e. The second-order valence-corrected chi connectivity index (χ2v) is 21.7. The maximum Gasteiger partial charge on any atom is 0.314 e. The number of anilines is 2. The lowest BCUT2D eigenvalue weighted by molar-refractivity contribution is -0.230. The summed E-state index contributed by atoms with van der Waals surface area (Å²) in [7, 11) is 0. The van der Waals surface area contributed by atoms with E-state index >= 15 is 0 Å². The van der Waals surface area contributed by atoms with Crippen LogP contribution in [0.1, 0.15) is 171 Å². The van der Waals surface area contributed by atoms with E-state index < -0.39 is 29.2 Å². The zero-order chi connectivity index (χ0) is 54.9. The Bertz CT molecular complexity index is 2420. The van der Waals surface area contributed by atoms with Gasteiger partial charge in [0.25, 0.3) is 0 Å². The van der Waals surface area contributed by atoms with Gasteiger partial charge in [0.05, 0.1) is 24.0 Å². The van der Waals surface area contributed by atoms with Crippen LogP contribution in [-0.2, 0) is 41.5 Å². The van der Waals surface area contributed by atoms with Gasteiger partial charge in [-0.15, -0.1) is 0 Å². The van der Waals surface area contributed by atoms with E-state index in [4.69, 9.17) is 30.4 Å². The Morgan fingerprint density at radius 2 is 0.883 bits per heavy atom. The first-order valence-corrected chi connectivity index (χ1v) is 28.7. The van der Waals surface area contributed by atoms with E-state index in [2.05, 4.69) is 13.8 Å². The van der Waals surface area contributed by atoms with Crippen molar-refractivity contribution in [2.75, 3.05) is 24.7 Å². The van der Waals surface area contributed by atoms with Crippen molar-refractivity contribution in [2.45, 2.75) is 180 Å². The minimum Gasteiger partial charge on any atom is -0.426 e. The number of allylic oxidation sites excluding steroid dienone is 1. The second-order valence-electron chi connectivity index (χ2n) is 21.7. The summed E-state index contributed by atoms with van der Waals surface area (Å²) in [5.41, 5.74) is 13.7. The molecular weight excluding hydrogens is 969 g/mol. The lowest BCUT2D eigenvalue weighted by Crippen LogP contribution is -2.57. The number of benzene rings is 4. The first kappa shape index (κ1) is 60.3. The van der Waals surface area contributed by atoms with Gasteiger partial charge in [0.2, 0.25) is 11.6 Å². The Morgan fingerprint density at radius 1 is 0.506 bits per heavy atom. The highest BCUT2D eigenvalue weighted by molar-refractivity contribution is 6.01. The molecule has 0 atom stereocenters. The molecule has 0 saturated heterocycles. The molecule has 4 aromatic carbocycles. The molecule has 0 aromatic heterocycles. The van der Waals surface area contributed by atoms with Crippen molar-refractivity contribution in [1.82, 2.24) is 0 Å². The van der Waals surface area contributed by atoms with Gasteiger partial charge in [-0.25, -0.2) is 0 Å². The van der Waals surface area contributed by atoms with Gasteiger partial charge in [-0.1, -0.05) is 139 Å². The van der Waals surface area contributed by atoms with Crippen LogP contribution in [0.4, 0.5) is 11.4 Å². The Morgan fingerprint density at radius 3 is 1.29 bits per heavy atom. The van der Waals surface area contributed by atoms with Gasteiger partial charge < -0.3 is 40.6 Å². The largest absolute Gasteiger partial charge is 0.426 e. The fourth-order valence-corrected chi connectivity index (χ4v) is 10.6. The van der Waals surface area contributed by atoms with Crippen LogP contribution in [0.5, 0.6) is 11.5 Å². The van der Waals surface area contributed by atoms with Crippen molar-refractivity contribution in [3.05, 3.63) is 131 Å². The Hall–Kier alpha value is -5.92. The second kappa shape index (κ2) is 31.5. The number of nitrogens with two attached hydrogens (primary N) is 2. The van der Waals surface area contributed by atoms with Gasteiger partial charge in [0.15, 0.2) is 5.78 Å². The number of nitrogen functional groups attached to an aromatic ring is 2. The zero-order valence-electron chi connectivity index (χ0n) is 45.8. The van der Waals surface area contributed by atoms with Crippen LogP contribution in [-0.4, -0.2) is 64.9 Å². The summed E-state index contributed by atoms with van der Waals surface area (Å²) in [5.74, 6) is -4.75. The number of hydrogen-bond acceptors (Lipinski definition) is 12. The van der Waals surface area contributed by atoms with Crippen molar-refractivity contribution in [1.29, 1.82) is 0 Å². The van der Waals surface area contributed by atoms with Crippen LogP contribution in [0.3, 0.4) is 0 Å². The third kappa shape index (κ3) is 19.8. The minimum atomic E-state index is -3.07. The summed E-state index contributed by atoms with van der Waals surface area (Å²) in [6, 6.07) is 27.1. The molecule has 0 bridgehead atoms. The summed E-state index contributed by atoms with van der Waals surface area (Å²) in [5, 5.41) is 24.6. The molecular formula is C65H86N2O10. The predicted octanol–water partition coefficient (Wildman–Crippen LogP) is 12.9. The fourth-order valence-electron chi connectivity index (χ4n) is 10.6. The molecule has 0 radical (unpaired) electrons. The summed E-state index contributed by atoms with van der Waals surface area (Å²) in [4.78, 5) is 54.8. The fraction of sp³-hybridized carbons (Fsp3) is 0.508.